The van der Waals surface area contributed by atoms with Gasteiger partial charge in [0, 0.05) is 43.8 Å². The fraction of sp³-hybridized carbons (Fsp3) is 0.357. The van der Waals surface area contributed by atoms with Gasteiger partial charge in [0.05, 0.1) is 47.6 Å². The summed E-state index contributed by atoms with van der Waals surface area (Å²) in [6.45, 7) is 3.27. The first kappa shape index (κ1) is 23.6. The van der Waals surface area contributed by atoms with Crippen LogP contribution in [0.4, 0.5) is 0 Å². The van der Waals surface area contributed by atoms with Crippen LogP contribution < -0.4 is 4.74 Å². The zero-order chi connectivity index (χ0) is 25.5. The van der Waals surface area contributed by atoms with Gasteiger partial charge in [-0.2, -0.15) is 0 Å². The third-order valence-electron chi connectivity index (χ3n) is 7.46. The van der Waals surface area contributed by atoms with Gasteiger partial charge in [-0.1, -0.05) is 35.5 Å². The molecular formula is C28H30N6O3. The van der Waals surface area contributed by atoms with E-state index in [0.29, 0.717) is 11.8 Å². The first-order valence-electron chi connectivity index (χ1n) is 12.6. The number of aliphatic hydroxyl groups excluding tert-OH is 1. The highest BCUT2D eigenvalue weighted by atomic mass is 16.5. The van der Waals surface area contributed by atoms with Gasteiger partial charge < -0.3 is 19.1 Å². The van der Waals surface area contributed by atoms with Gasteiger partial charge in [-0.05, 0) is 37.3 Å². The third kappa shape index (κ3) is 3.86. The molecule has 4 aromatic heterocycles. The van der Waals surface area contributed by atoms with Crippen molar-refractivity contribution in [3.8, 4) is 17.1 Å². The Morgan fingerprint density at radius 1 is 1.14 bits per heavy atom. The van der Waals surface area contributed by atoms with Crippen LogP contribution >= 0.6 is 0 Å². The van der Waals surface area contributed by atoms with Crippen molar-refractivity contribution >= 4 is 21.9 Å². The average Bonchev–Trinajstić information content (AvgIpc) is 3.46. The van der Waals surface area contributed by atoms with E-state index in [9.17, 15) is 5.11 Å². The van der Waals surface area contributed by atoms with E-state index in [0.717, 1.165) is 70.5 Å². The molecular weight excluding hydrogens is 468 g/mol. The van der Waals surface area contributed by atoms with Gasteiger partial charge in [0.1, 0.15) is 5.52 Å². The number of aryl methyl sites for hydroxylation is 2. The molecule has 0 unspecified atom stereocenters. The van der Waals surface area contributed by atoms with Crippen molar-refractivity contribution in [3.05, 3.63) is 65.6 Å². The highest BCUT2D eigenvalue weighted by molar-refractivity contribution is 6.10. The number of pyridine rings is 2. The van der Waals surface area contributed by atoms with Crippen LogP contribution in [0.5, 0.6) is 5.88 Å². The monoisotopic (exact) mass is 498 g/mol. The minimum Gasteiger partial charge on any atom is -0.480 e. The molecule has 5 aromatic rings. The van der Waals surface area contributed by atoms with Crippen LogP contribution in [0.1, 0.15) is 35.7 Å². The number of rotatable bonds is 6. The SMILES string of the molecule is COc1ncc(CO)c2c1c1ncc(-c3c(C)nnn3C)cc1n2[C@H](c1ccccc1)C1CCOCC1. The number of benzene rings is 1. The Morgan fingerprint density at radius 2 is 1.92 bits per heavy atom. The first-order valence-corrected chi connectivity index (χ1v) is 12.6. The van der Waals surface area contributed by atoms with E-state index in [1.165, 1.54) is 5.56 Å². The Labute approximate surface area is 214 Å². The van der Waals surface area contributed by atoms with E-state index < -0.39 is 0 Å². The smallest absolute Gasteiger partial charge is 0.224 e. The van der Waals surface area contributed by atoms with Gasteiger partial charge in [-0.3, -0.25) is 4.98 Å². The Balaban J connectivity index is 1.74. The van der Waals surface area contributed by atoms with Gasteiger partial charge >= 0.3 is 0 Å². The lowest BCUT2D eigenvalue weighted by atomic mass is 9.86. The van der Waals surface area contributed by atoms with E-state index in [-0.39, 0.29) is 12.6 Å². The topological polar surface area (TPSA) is 100 Å². The van der Waals surface area contributed by atoms with Crippen LogP contribution in [0.3, 0.4) is 0 Å². The van der Waals surface area contributed by atoms with E-state index in [1.807, 2.05) is 26.2 Å². The predicted octanol–water partition coefficient (Wildman–Crippen LogP) is 4.21. The van der Waals surface area contributed by atoms with Gasteiger partial charge in [-0.25, -0.2) is 9.67 Å². The molecule has 0 aliphatic carbocycles. The van der Waals surface area contributed by atoms with Crippen LogP contribution in [-0.2, 0) is 18.4 Å². The molecule has 0 radical (unpaired) electrons. The molecule has 1 N–H and O–H groups in total. The summed E-state index contributed by atoms with van der Waals surface area (Å²) in [6.07, 6.45) is 5.44. The van der Waals surface area contributed by atoms with E-state index >= 15 is 0 Å². The molecule has 1 aliphatic rings. The van der Waals surface area contributed by atoms with Crippen LogP contribution in [0.15, 0.2) is 48.8 Å². The maximum atomic E-state index is 10.4. The Kier molecular flexibility index (Phi) is 6.10. The van der Waals surface area contributed by atoms with Crippen molar-refractivity contribution in [1.29, 1.82) is 0 Å². The lowest BCUT2D eigenvalue weighted by molar-refractivity contribution is 0.0552. The Morgan fingerprint density at radius 3 is 2.59 bits per heavy atom. The summed E-state index contributed by atoms with van der Waals surface area (Å²) in [5, 5.41) is 19.7. The molecule has 1 aliphatic heterocycles. The van der Waals surface area contributed by atoms with Gasteiger partial charge in [0.25, 0.3) is 0 Å². The van der Waals surface area contributed by atoms with Crippen molar-refractivity contribution in [2.45, 2.75) is 32.4 Å². The Hall–Kier alpha value is -3.82. The molecule has 9 heteroatoms. The standard InChI is InChI=1S/C28H30N6O3/c1-17-25(33(2)32-31-17)20-13-22-24(29-14-20)23-27(21(16-35)15-30-28(23)36-3)34(22)26(18-7-5-4-6-8-18)19-9-11-37-12-10-19/h4-8,13-15,19,26,35H,9-12,16H2,1-3H3/t26-/m1/s1. The largest absolute Gasteiger partial charge is 0.480 e. The second kappa shape index (κ2) is 9.57. The summed E-state index contributed by atoms with van der Waals surface area (Å²) in [7, 11) is 3.51. The first-order chi connectivity index (χ1) is 18.1. The highest BCUT2D eigenvalue weighted by Crippen LogP contribution is 2.44. The zero-order valence-corrected chi connectivity index (χ0v) is 21.3. The van der Waals surface area contributed by atoms with Crippen molar-refractivity contribution in [2.24, 2.45) is 13.0 Å². The number of hydrogen-bond acceptors (Lipinski definition) is 7. The van der Waals surface area contributed by atoms with Gasteiger partial charge in [-0.15, -0.1) is 5.10 Å². The molecule has 0 bridgehead atoms. The lowest BCUT2D eigenvalue weighted by Crippen LogP contribution is -2.27. The van der Waals surface area contributed by atoms with E-state index in [1.54, 1.807) is 18.0 Å². The lowest BCUT2D eigenvalue weighted by Gasteiger charge is -2.33. The molecule has 5 heterocycles. The summed E-state index contributed by atoms with van der Waals surface area (Å²) >= 11 is 0. The maximum absolute atomic E-state index is 10.4. The van der Waals surface area contributed by atoms with Crippen LogP contribution in [0.25, 0.3) is 33.2 Å². The average molecular weight is 499 g/mol. The summed E-state index contributed by atoms with van der Waals surface area (Å²) in [5.41, 5.74) is 7.27. The summed E-state index contributed by atoms with van der Waals surface area (Å²) in [4.78, 5) is 9.48. The molecule has 6 rings (SSSR count). The number of methoxy groups -OCH3 is 1. The summed E-state index contributed by atoms with van der Waals surface area (Å²) < 4.78 is 15.6. The number of fused-ring (bicyclic) bond motifs is 3. The normalized spacial score (nSPS) is 15.5. The van der Waals surface area contributed by atoms with Crippen LogP contribution in [0, 0.1) is 12.8 Å². The molecule has 0 amide bonds. The summed E-state index contributed by atoms with van der Waals surface area (Å²) in [6, 6.07) is 12.7. The molecule has 9 nitrogen and oxygen atoms in total. The molecule has 190 valence electrons. The van der Waals surface area contributed by atoms with Crippen molar-refractivity contribution in [2.75, 3.05) is 20.3 Å². The fourth-order valence-corrected chi connectivity index (χ4v) is 5.82. The second-order valence-corrected chi connectivity index (χ2v) is 9.59. The molecule has 1 atom stereocenters. The zero-order valence-electron chi connectivity index (χ0n) is 21.3. The quantitative estimate of drug-likeness (QED) is 0.374. The van der Waals surface area contributed by atoms with E-state index in [2.05, 4.69) is 50.2 Å². The number of aromatic nitrogens is 6. The second-order valence-electron chi connectivity index (χ2n) is 9.59. The molecule has 1 fully saturated rings. The molecule has 1 saturated heterocycles. The predicted molar refractivity (Wildman–Crippen MR) is 140 cm³/mol. The van der Waals surface area contributed by atoms with Gasteiger partial charge in [0.2, 0.25) is 5.88 Å². The molecule has 0 saturated carbocycles. The van der Waals surface area contributed by atoms with Gasteiger partial charge in [0.15, 0.2) is 0 Å². The molecule has 0 spiro atoms. The van der Waals surface area contributed by atoms with E-state index in [4.69, 9.17) is 14.5 Å². The van der Waals surface area contributed by atoms with Crippen LogP contribution in [-0.4, -0.2) is 55.0 Å². The molecule has 1 aromatic carbocycles. The third-order valence-corrected chi connectivity index (χ3v) is 7.46. The fourth-order valence-electron chi connectivity index (χ4n) is 5.82. The molecule has 37 heavy (non-hydrogen) atoms. The number of hydrogen-bond donors (Lipinski definition) is 1. The number of aliphatic hydroxyl groups is 1. The van der Waals surface area contributed by atoms with Crippen molar-refractivity contribution < 1.29 is 14.6 Å². The number of ether oxygens (including phenoxy) is 2. The maximum Gasteiger partial charge on any atom is 0.224 e. The Bertz CT molecular complexity index is 1550. The minimum absolute atomic E-state index is 0.00492. The minimum atomic E-state index is -0.142. The van der Waals surface area contributed by atoms with Crippen LogP contribution in [0.2, 0.25) is 0 Å². The highest BCUT2D eigenvalue weighted by Gasteiger charge is 2.32. The number of nitrogens with zero attached hydrogens (tertiary/aromatic N) is 6. The summed E-state index contributed by atoms with van der Waals surface area (Å²) in [5.74, 6) is 0.831. The van der Waals surface area contributed by atoms with Crippen molar-refractivity contribution in [3.63, 3.8) is 0 Å². The van der Waals surface area contributed by atoms with Crippen molar-refractivity contribution in [1.82, 2.24) is 29.5 Å².